The predicted octanol–water partition coefficient (Wildman–Crippen LogP) is 2.73. The van der Waals surface area contributed by atoms with Crippen LogP contribution in [-0.2, 0) is 0 Å². The fourth-order valence-electron chi connectivity index (χ4n) is 0.267. The van der Waals surface area contributed by atoms with Crippen molar-refractivity contribution in [3.63, 3.8) is 0 Å². The first-order chi connectivity index (χ1) is 4.13. The summed E-state index contributed by atoms with van der Waals surface area (Å²) in [4.78, 5) is 3.73. The Morgan fingerprint density at radius 1 is 1.56 bits per heavy atom. The van der Waals surface area contributed by atoms with Crippen molar-refractivity contribution >= 4 is 17.8 Å². The van der Waals surface area contributed by atoms with Crippen LogP contribution in [0, 0.1) is 0 Å². The molecule has 0 bridgehead atoms. The van der Waals surface area contributed by atoms with Gasteiger partial charge in [-0.2, -0.15) is 0 Å². The number of halogens is 1. The minimum Gasteiger partial charge on any atom is -0.245 e. The molecule has 0 aromatic rings. The van der Waals surface area contributed by atoms with Crippen LogP contribution in [0.3, 0.4) is 0 Å². The monoisotopic (exact) mass is 143 g/mol. The van der Waals surface area contributed by atoms with Crippen molar-refractivity contribution in [1.82, 2.24) is 0 Å². The Balaban J connectivity index is 3.74. The first-order valence-corrected chi connectivity index (χ1v) is 3.02. The van der Waals surface area contributed by atoms with Crippen molar-refractivity contribution in [3.8, 4) is 0 Å². The summed E-state index contributed by atoms with van der Waals surface area (Å²) in [7, 11) is 0. The number of aliphatic imine (C=N–C) groups is 1. The minimum absolute atomic E-state index is 0.313. The molecule has 2 heteroatoms. The van der Waals surface area contributed by atoms with Gasteiger partial charge in [0.15, 0.2) is 0 Å². The summed E-state index contributed by atoms with van der Waals surface area (Å²) in [6.07, 6.45) is 3.50. The molecule has 0 aromatic carbocycles. The molecule has 50 valence electrons. The van der Waals surface area contributed by atoms with Gasteiger partial charge in [0.1, 0.15) is 5.16 Å². The largest absolute Gasteiger partial charge is 0.245 e. The lowest BCUT2D eigenvalue weighted by molar-refractivity contribution is 1.40. The second kappa shape index (κ2) is 4.33. The molecule has 0 spiro atoms. The van der Waals surface area contributed by atoms with Gasteiger partial charge in [0.2, 0.25) is 0 Å². The van der Waals surface area contributed by atoms with Gasteiger partial charge >= 0.3 is 0 Å². The Morgan fingerprint density at radius 2 is 2.11 bits per heavy atom. The molecule has 0 saturated heterocycles. The van der Waals surface area contributed by atoms with Gasteiger partial charge in [-0.1, -0.05) is 23.8 Å². The van der Waals surface area contributed by atoms with Crippen LogP contribution in [0.15, 0.2) is 28.4 Å². The van der Waals surface area contributed by atoms with E-state index in [0.717, 1.165) is 0 Å². The standard InChI is InChI=1S/C7H10ClN/c1-6(2)4-5-9-7(3)8/h4-5H,3H2,1-2H3/b9-5-. The number of rotatable bonds is 2. The number of hydrogen-bond acceptors (Lipinski definition) is 1. The quantitative estimate of drug-likeness (QED) is 0.417. The van der Waals surface area contributed by atoms with E-state index >= 15 is 0 Å². The van der Waals surface area contributed by atoms with Crippen LogP contribution in [0.4, 0.5) is 0 Å². The average Bonchev–Trinajstić information content (AvgIpc) is 1.63. The van der Waals surface area contributed by atoms with Crippen LogP contribution < -0.4 is 0 Å². The lowest BCUT2D eigenvalue weighted by Gasteiger charge is -1.81. The van der Waals surface area contributed by atoms with Crippen molar-refractivity contribution in [2.24, 2.45) is 4.99 Å². The SMILES string of the molecule is C=C(Cl)/N=C\C=C(C)C. The molecule has 0 aliphatic carbocycles. The van der Waals surface area contributed by atoms with E-state index in [1.807, 2.05) is 19.9 Å². The molecule has 0 N–H and O–H groups in total. The smallest absolute Gasteiger partial charge is 0.121 e. The highest BCUT2D eigenvalue weighted by atomic mass is 35.5. The summed E-state index contributed by atoms with van der Waals surface area (Å²) in [5.41, 5.74) is 1.19. The van der Waals surface area contributed by atoms with E-state index in [2.05, 4.69) is 11.6 Å². The predicted molar refractivity (Wildman–Crippen MR) is 42.9 cm³/mol. The third-order valence-electron chi connectivity index (χ3n) is 0.622. The molecule has 0 heterocycles. The Bertz CT molecular complexity index is 152. The maximum Gasteiger partial charge on any atom is 0.121 e. The molecule has 0 amide bonds. The summed E-state index contributed by atoms with van der Waals surface area (Å²) < 4.78 is 0. The second-order valence-corrected chi connectivity index (χ2v) is 2.33. The van der Waals surface area contributed by atoms with E-state index < -0.39 is 0 Å². The zero-order valence-electron chi connectivity index (χ0n) is 5.69. The Kier molecular flexibility index (Phi) is 4.06. The highest BCUT2D eigenvalue weighted by molar-refractivity contribution is 6.29. The van der Waals surface area contributed by atoms with E-state index in [1.54, 1.807) is 6.21 Å². The highest BCUT2D eigenvalue weighted by Crippen LogP contribution is 1.95. The average molecular weight is 144 g/mol. The molecule has 0 atom stereocenters. The fraction of sp³-hybridized carbons (Fsp3) is 0.286. The van der Waals surface area contributed by atoms with Crippen molar-refractivity contribution < 1.29 is 0 Å². The molecule has 0 rings (SSSR count). The molecule has 0 aliphatic heterocycles. The number of hydrogen-bond donors (Lipinski definition) is 0. The maximum atomic E-state index is 5.34. The van der Waals surface area contributed by atoms with Gasteiger partial charge in [0.05, 0.1) is 0 Å². The topological polar surface area (TPSA) is 12.4 Å². The molecule has 0 aromatic heterocycles. The van der Waals surface area contributed by atoms with Crippen LogP contribution in [0.25, 0.3) is 0 Å². The second-order valence-electron chi connectivity index (χ2n) is 1.90. The van der Waals surface area contributed by atoms with Crippen molar-refractivity contribution in [2.45, 2.75) is 13.8 Å². The van der Waals surface area contributed by atoms with Crippen molar-refractivity contribution in [3.05, 3.63) is 23.4 Å². The first kappa shape index (κ1) is 8.44. The van der Waals surface area contributed by atoms with E-state index in [0.29, 0.717) is 5.16 Å². The molecule has 0 unspecified atom stereocenters. The molecular formula is C7H10ClN. The molecule has 0 fully saturated rings. The van der Waals surface area contributed by atoms with E-state index in [-0.39, 0.29) is 0 Å². The summed E-state index contributed by atoms with van der Waals surface area (Å²) in [6.45, 7) is 7.37. The van der Waals surface area contributed by atoms with Gasteiger partial charge in [0, 0.05) is 6.21 Å². The van der Waals surface area contributed by atoms with Gasteiger partial charge in [-0.15, -0.1) is 0 Å². The molecule has 0 aliphatic rings. The Labute approximate surface area is 60.7 Å². The fourth-order valence-corrected chi connectivity index (χ4v) is 0.324. The normalized spacial score (nSPS) is 9.67. The van der Waals surface area contributed by atoms with Crippen LogP contribution in [0.2, 0.25) is 0 Å². The molecule has 1 nitrogen and oxygen atoms in total. The summed E-state index contributed by atoms with van der Waals surface area (Å²) in [5.74, 6) is 0. The Hall–Kier alpha value is -0.560. The lowest BCUT2D eigenvalue weighted by atomic mass is 10.3. The van der Waals surface area contributed by atoms with E-state index in [1.165, 1.54) is 5.57 Å². The number of nitrogens with zero attached hydrogens (tertiary/aromatic N) is 1. The van der Waals surface area contributed by atoms with Crippen LogP contribution >= 0.6 is 11.6 Å². The van der Waals surface area contributed by atoms with E-state index in [4.69, 9.17) is 11.6 Å². The van der Waals surface area contributed by atoms with E-state index in [9.17, 15) is 0 Å². The maximum absolute atomic E-state index is 5.34. The third-order valence-corrected chi connectivity index (χ3v) is 0.720. The molecule has 9 heavy (non-hydrogen) atoms. The van der Waals surface area contributed by atoms with Crippen LogP contribution in [0.5, 0.6) is 0 Å². The van der Waals surface area contributed by atoms with Gasteiger partial charge in [-0.3, -0.25) is 0 Å². The summed E-state index contributed by atoms with van der Waals surface area (Å²) >= 11 is 5.34. The summed E-state index contributed by atoms with van der Waals surface area (Å²) in [6, 6.07) is 0. The van der Waals surface area contributed by atoms with Gasteiger partial charge in [0.25, 0.3) is 0 Å². The first-order valence-electron chi connectivity index (χ1n) is 2.65. The highest BCUT2D eigenvalue weighted by Gasteiger charge is 1.74. The zero-order valence-corrected chi connectivity index (χ0v) is 6.44. The van der Waals surface area contributed by atoms with Gasteiger partial charge in [-0.25, -0.2) is 4.99 Å². The summed E-state index contributed by atoms with van der Waals surface area (Å²) in [5, 5.41) is 0.313. The number of allylic oxidation sites excluding steroid dienone is 2. The zero-order chi connectivity index (χ0) is 7.28. The minimum atomic E-state index is 0.313. The van der Waals surface area contributed by atoms with Gasteiger partial charge in [-0.05, 0) is 19.9 Å². The van der Waals surface area contributed by atoms with Crippen LogP contribution in [0.1, 0.15) is 13.8 Å². The third kappa shape index (κ3) is 7.44. The lowest BCUT2D eigenvalue weighted by Crippen LogP contribution is -1.67. The molecule has 0 radical (unpaired) electrons. The molecular weight excluding hydrogens is 134 g/mol. The van der Waals surface area contributed by atoms with Crippen molar-refractivity contribution in [2.75, 3.05) is 0 Å². The van der Waals surface area contributed by atoms with Gasteiger partial charge < -0.3 is 0 Å². The molecule has 0 saturated carbocycles. The van der Waals surface area contributed by atoms with Crippen LogP contribution in [-0.4, -0.2) is 6.21 Å². The van der Waals surface area contributed by atoms with Crippen molar-refractivity contribution in [1.29, 1.82) is 0 Å². The Morgan fingerprint density at radius 3 is 2.44 bits per heavy atom.